The summed E-state index contributed by atoms with van der Waals surface area (Å²) in [6, 6.07) is 8.26. The summed E-state index contributed by atoms with van der Waals surface area (Å²) in [4.78, 5) is 31.3. The van der Waals surface area contributed by atoms with Crippen molar-refractivity contribution in [2.45, 2.75) is 39.0 Å². The first-order valence-electron chi connectivity index (χ1n) is 9.78. The maximum Gasteiger partial charge on any atom is 0.357 e. The largest absolute Gasteiger partial charge is 0.461 e. The van der Waals surface area contributed by atoms with Crippen LogP contribution in [0.4, 0.5) is 0 Å². The van der Waals surface area contributed by atoms with Crippen LogP contribution in [0.15, 0.2) is 35.2 Å². The molecule has 2 heterocycles. The van der Waals surface area contributed by atoms with Gasteiger partial charge >= 0.3 is 5.97 Å². The third kappa shape index (κ3) is 3.49. The Balaban J connectivity index is 1.39. The third-order valence-corrected chi connectivity index (χ3v) is 6.64. The molecule has 0 bridgehead atoms. The standard InChI is InChI=1S/C22H24N2O3S/c1-3-27-22(26)19-13-28-20(23-19)15-8-10-24(11-9-15)21(25)18-12-16-6-4-5-7-17(16)14(18)2/h4-7,13,15H,3,8-12H2,1-2H3. The van der Waals surface area contributed by atoms with Gasteiger partial charge in [-0.2, -0.15) is 0 Å². The summed E-state index contributed by atoms with van der Waals surface area (Å²) in [5.74, 6) is 0.104. The molecule has 0 N–H and O–H groups in total. The molecule has 1 aliphatic carbocycles. The highest BCUT2D eigenvalue weighted by atomic mass is 32.1. The molecule has 4 rings (SSSR count). The second kappa shape index (κ2) is 7.87. The fourth-order valence-electron chi connectivity index (χ4n) is 4.06. The first-order chi connectivity index (χ1) is 13.6. The predicted octanol–water partition coefficient (Wildman–Crippen LogP) is 4.06. The zero-order valence-electron chi connectivity index (χ0n) is 16.2. The number of thiazole rings is 1. The van der Waals surface area contributed by atoms with E-state index in [1.807, 2.05) is 17.0 Å². The normalized spacial score (nSPS) is 17.0. The fraction of sp³-hybridized carbons (Fsp3) is 0.409. The smallest absolute Gasteiger partial charge is 0.357 e. The van der Waals surface area contributed by atoms with Crippen LogP contribution < -0.4 is 0 Å². The van der Waals surface area contributed by atoms with Crippen LogP contribution in [-0.4, -0.2) is 41.5 Å². The minimum Gasteiger partial charge on any atom is -0.461 e. The molecule has 6 heteroatoms. The molecule has 28 heavy (non-hydrogen) atoms. The minimum absolute atomic E-state index is 0.165. The first kappa shape index (κ1) is 18.9. The fourth-order valence-corrected chi connectivity index (χ4v) is 5.02. The van der Waals surface area contributed by atoms with Crippen molar-refractivity contribution in [3.8, 4) is 0 Å². The van der Waals surface area contributed by atoms with E-state index in [1.54, 1.807) is 12.3 Å². The van der Waals surface area contributed by atoms with Gasteiger partial charge in [0.1, 0.15) is 0 Å². The van der Waals surface area contributed by atoms with Crippen molar-refractivity contribution in [3.05, 3.63) is 57.0 Å². The molecule has 0 radical (unpaired) electrons. The van der Waals surface area contributed by atoms with E-state index in [2.05, 4.69) is 24.0 Å². The lowest BCUT2D eigenvalue weighted by atomic mass is 9.96. The zero-order chi connectivity index (χ0) is 19.7. The van der Waals surface area contributed by atoms with E-state index >= 15 is 0 Å². The summed E-state index contributed by atoms with van der Waals surface area (Å²) < 4.78 is 5.02. The summed E-state index contributed by atoms with van der Waals surface area (Å²) >= 11 is 1.51. The minimum atomic E-state index is -0.360. The van der Waals surface area contributed by atoms with Crippen molar-refractivity contribution in [2.75, 3.05) is 19.7 Å². The number of ether oxygens (including phenoxy) is 1. The average molecular weight is 397 g/mol. The van der Waals surface area contributed by atoms with Gasteiger partial charge in [-0.1, -0.05) is 24.3 Å². The van der Waals surface area contributed by atoms with Gasteiger partial charge in [0.15, 0.2) is 5.69 Å². The molecule has 1 amide bonds. The van der Waals surface area contributed by atoms with Crippen LogP contribution >= 0.6 is 11.3 Å². The van der Waals surface area contributed by atoms with Crippen LogP contribution in [0.5, 0.6) is 0 Å². The van der Waals surface area contributed by atoms with Gasteiger partial charge in [0.2, 0.25) is 5.91 Å². The molecule has 1 saturated heterocycles. The Morgan fingerprint density at radius 3 is 2.71 bits per heavy atom. The van der Waals surface area contributed by atoms with Crippen molar-refractivity contribution in [1.29, 1.82) is 0 Å². The van der Waals surface area contributed by atoms with Crippen molar-refractivity contribution < 1.29 is 14.3 Å². The molecule has 146 valence electrons. The van der Waals surface area contributed by atoms with E-state index in [1.165, 1.54) is 22.5 Å². The zero-order valence-corrected chi connectivity index (χ0v) is 17.1. The van der Waals surface area contributed by atoms with E-state index in [0.717, 1.165) is 48.5 Å². The van der Waals surface area contributed by atoms with E-state index in [-0.39, 0.29) is 11.9 Å². The highest BCUT2D eigenvalue weighted by Crippen LogP contribution is 2.35. The number of esters is 1. The topological polar surface area (TPSA) is 59.5 Å². The summed E-state index contributed by atoms with van der Waals surface area (Å²) in [5.41, 5.74) is 4.88. The number of piperidine rings is 1. The lowest BCUT2D eigenvalue weighted by molar-refractivity contribution is -0.128. The van der Waals surface area contributed by atoms with Gasteiger partial charge in [-0.25, -0.2) is 9.78 Å². The van der Waals surface area contributed by atoms with Gasteiger partial charge in [0, 0.05) is 36.4 Å². The maximum absolute atomic E-state index is 13.1. The molecular formula is C22H24N2O3S. The van der Waals surface area contributed by atoms with Crippen molar-refractivity contribution >= 4 is 28.8 Å². The monoisotopic (exact) mass is 396 g/mol. The molecule has 0 atom stereocenters. The lowest BCUT2D eigenvalue weighted by Crippen LogP contribution is -2.39. The van der Waals surface area contributed by atoms with Crippen LogP contribution in [0.2, 0.25) is 0 Å². The lowest BCUT2D eigenvalue weighted by Gasteiger charge is -2.31. The Morgan fingerprint density at radius 2 is 2.00 bits per heavy atom. The molecule has 1 aromatic carbocycles. The number of aromatic nitrogens is 1. The van der Waals surface area contributed by atoms with Crippen molar-refractivity contribution in [2.24, 2.45) is 0 Å². The third-order valence-electron chi connectivity index (χ3n) is 5.64. The van der Waals surface area contributed by atoms with Crippen LogP contribution in [0, 0.1) is 0 Å². The Labute approximate surface area is 169 Å². The maximum atomic E-state index is 13.1. The molecule has 0 spiro atoms. The van der Waals surface area contributed by atoms with Gasteiger partial charge in [0.25, 0.3) is 0 Å². The summed E-state index contributed by atoms with van der Waals surface area (Å²) in [5, 5.41) is 2.74. The SMILES string of the molecule is CCOC(=O)c1csc(C2CCN(C(=O)C3=C(C)c4ccccc4C3)CC2)n1. The molecule has 1 aromatic heterocycles. The molecule has 5 nitrogen and oxygen atoms in total. The van der Waals surface area contributed by atoms with Crippen LogP contribution in [0.25, 0.3) is 5.57 Å². The predicted molar refractivity (Wildman–Crippen MR) is 109 cm³/mol. The van der Waals surface area contributed by atoms with E-state index in [9.17, 15) is 9.59 Å². The Bertz CT molecular complexity index is 939. The number of carbonyl (C=O) groups excluding carboxylic acids is 2. The molecule has 2 aliphatic rings. The number of rotatable bonds is 4. The van der Waals surface area contributed by atoms with Gasteiger partial charge in [-0.15, -0.1) is 11.3 Å². The number of benzene rings is 1. The van der Waals surface area contributed by atoms with Gasteiger partial charge in [-0.05, 0) is 43.4 Å². The van der Waals surface area contributed by atoms with Gasteiger partial charge in [-0.3, -0.25) is 4.79 Å². The average Bonchev–Trinajstić information content (AvgIpc) is 3.34. The molecule has 0 saturated carbocycles. The summed E-state index contributed by atoms with van der Waals surface area (Å²) in [6.45, 7) is 5.65. The number of hydrogen-bond donors (Lipinski definition) is 0. The number of fused-ring (bicyclic) bond motifs is 1. The van der Waals surface area contributed by atoms with E-state index in [4.69, 9.17) is 4.74 Å². The van der Waals surface area contributed by atoms with Crippen molar-refractivity contribution in [1.82, 2.24) is 9.88 Å². The summed E-state index contributed by atoms with van der Waals surface area (Å²) in [6.07, 6.45) is 2.48. The highest BCUT2D eigenvalue weighted by Gasteiger charge is 2.31. The van der Waals surface area contributed by atoms with Gasteiger partial charge < -0.3 is 9.64 Å². The quantitative estimate of drug-likeness (QED) is 0.732. The second-order valence-electron chi connectivity index (χ2n) is 7.30. The molecule has 1 aliphatic heterocycles. The molecule has 0 unspecified atom stereocenters. The number of amides is 1. The number of hydrogen-bond acceptors (Lipinski definition) is 5. The number of nitrogens with zero attached hydrogens (tertiary/aromatic N) is 2. The second-order valence-corrected chi connectivity index (χ2v) is 8.19. The number of carbonyl (C=O) groups is 2. The molecule has 2 aromatic rings. The Kier molecular flexibility index (Phi) is 5.31. The number of likely N-dealkylation sites (tertiary alicyclic amines) is 1. The number of allylic oxidation sites excluding steroid dienone is 1. The Morgan fingerprint density at radius 1 is 1.25 bits per heavy atom. The molecular weight excluding hydrogens is 372 g/mol. The van der Waals surface area contributed by atoms with E-state index < -0.39 is 0 Å². The van der Waals surface area contributed by atoms with Crippen molar-refractivity contribution in [3.63, 3.8) is 0 Å². The van der Waals surface area contributed by atoms with Gasteiger partial charge in [0.05, 0.1) is 11.6 Å². The Hall–Kier alpha value is -2.47. The van der Waals surface area contributed by atoms with Crippen LogP contribution in [0.1, 0.15) is 59.2 Å². The first-order valence-corrected chi connectivity index (χ1v) is 10.7. The van der Waals surface area contributed by atoms with Crippen LogP contribution in [0.3, 0.4) is 0 Å². The summed E-state index contributed by atoms with van der Waals surface area (Å²) in [7, 11) is 0. The van der Waals surface area contributed by atoms with Crippen LogP contribution in [-0.2, 0) is 16.0 Å². The highest BCUT2D eigenvalue weighted by molar-refractivity contribution is 7.09. The van der Waals surface area contributed by atoms with E-state index in [0.29, 0.717) is 18.2 Å². The molecule has 1 fully saturated rings.